The highest BCUT2D eigenvalue weighted by molar-refractivity contribution is 6.35. The lowest BCUT2D eigenvalue weighted by molar-refractivity contribution is 0.230. The maximum Gasteiger partial charge on any atom is 0.0452 e. The second-order valence-electron chi connectivity index (χ2n) is 6.69. The van der Waals surface area contributed by atoms with Gasteiger partial charge < -0.3 is 5.32 Å². The molecule has 0 radical (unpaired) electrons. The van der Waals surface area contributed by atoms with E-state index < -0.39 is 0 Å². The molecule has 1 nitrogen and oxygen atoms in total. The van der Waals surface area contributed by atoms with Gasteiger partial charge in [0.05, 0.1) is 0 Å². The van der Waals surface area contributed by atoms with E-state index in [1.165, 1.54) is 18.4 Å². The van der Waals surface area contributed by atoms with Gasteiger partial charge in [-0.3, -0.25) is 0 Å². The monoisotopic (exact) mass is 299 g/mol. The molecule has 1 aromatic carbocycles. The van der Waals surface area contributed by atoms with Gasteiger partial charge in [0, 0.05) is 16.1 Å². The fourth-order valence-electron chi connectivity index (χ4n) is 2.23. The van der Waals surface area contributed by atoms with Crippen LogP contribution in [0.3, 0.4) is 0 Å². The second kappa shape index (κ2) is 6.03. The molecule has 0 amide bonds. The lowest BCUT2D eigenvalue weighted by Gasteiger charge is -2.31. The van der Waals surface area contributed by atoms with Crippen LogP contribution in [0.5, 0.6) is 0 Å². The van der Waals surface area contributed by atoms with Crippen molar-refractivity contribution in [3.8, 4) is 0 Å². The SMILES string of the molecule is CC(C)(C)C(CNC1CC1)Cc1ccc(Cl)cc1Cl. The molecule has 1 atom stereocenters. The van der Waals surface area contributed by atoms with Crippen molar-refractivity contribution >= 4 is 23.2 Å². The Balaban J connectivity index is 2.05. The van der Waals surface area contributed by atoms with Gasteiger partial charge in [0.2, 0.25) is 0 Å². The first-order valence-corrected chi connectivity index (χ1v) is 7.79. The van der Waals surface area contributed by atoms with Crippen LogP contribution >= 0.6 is 23.2 Å². The van der Waals surface area contributed by atoms with Gasteiger partial charge in [0.15, 0.2) is 0 Å². The number of hydrogen-bond donors (Lipinski definition) is 1. The highest BCUT2D eigenvalue weighted by Crippen LogP contribution is 2.32. The van der Waals surface area contributed by atoms with Gasteiger partial charge in [-0.2, -0.15) is 0 Å². The van der Waals surface area contributed by atoms with Crippen molar-refractivity contribution < 1.29 is 0 Å². The lowest BCUT2D eigenvalue weighted by atomic mass is 9.77. The summed E-state index contributed by atoms with van der Waals surface area (Å²) in [5.74, 6) is 0.576. The molecule has 0 heterocycles. The molecule has 0 spiro atoms. The highest BCUT2D eigenvalue weighted by atomic mass is 35.5. The molecule has 1 fully saturated rings. The summed E-state index contributed by atoms with van der Waals surface area (Å²) in [7, 11) is 0. The predicted molar refractivity (Wildman–Crippen MR) is 84.1 cm³/mol. The van der Waals surface area contributed by atoms with Crippen LogP contribution in [0.25, 0.3) is 0 Å². The minimum Gasteiger partial charge on any atom is -0.314 e. The molecular weight excluding hydrogens is 277 g/mol. The number of rotatable bonds is 5. The van der Waals surface area contributed by atoms with E-state index in [2.05, 4.69) is 32.2 Å². The molecule has 1 aromatic rings. The van der Waals surface area contributed by atoms with E-state index >= 15 is 0 Å². The summed E-state index contributed by atoms with van der Waals surface area (Å²) in [6.45, 7) is 7.97. The van der Waals surface area contributed by atoms with Gasteiger partial charge in [0.1, 0.15) is 0 Å². The Morgan fingerprint density at radius 1 is 1.26 bits per heavy atom. The molecule has 1 unspecified atom stereocenters. The van der Waals surface area contributed by atoms with Crippen LogP contribution in [0.15, 0.2) is 18.2 Å². The number of benzene rings is 1. The van der Waals surface area contributed by atoms with Gasteiger partial charge >= 0.3 is 0 Å². The minimum atomic E-state index is 0.269. The molecule has 106 valence electrons. The third kappa shape index (κ3) is 4.66. The summed E-state index contributed by atoms with van der Waals surface area (Å²) in [5.41, 5.74) is 1.47. The molecule has 3 heteroatoms. The number of nitrogens with one attached hydrogen (secondary N) is 1. The fourth-order valence-corrected chi connectivity index (χ4v) is 2.72. The Hall–Kier alpha value is -0.240. The Morgan fingerprint density at radius 2 is 1.95 bits per heavy atom. The van der Waals surface area contributed by atoms with E-state index in [4.69, 9.17) is 23.2 Å². The molecule has 1 saturated carbocycles. The summed E-state index contributed by atoms with van der Waals surface area (Å²) < 4.78 is 0. The van der Waals surface area contributed by atoms with Crippen molar-refractivity contribution in [1.82, 2.24) is 5.32 Å². The van der Waals surface area contributed by atoms with Crippen LogP contribution in [-0.4, -0.2) is 12.6 Å². The molecule has 2 rings (SSSR count). The Kier molecular flexibility index (Phi) is 4.81. The van der Waals surface area contributed by atoms with Crippen molar-refractivity contribution in [2.45, 2.75) is 46.1 Å². The van der Waals surface area contributed by atoms with Gasteiger partial charge in [-0.1, -0.05) is 50.0 Å². The van der Waals surface area contributed by atoms with Gasteiger partial charge in [-0.15, -0.1) is 0 Å². The normalized spacial score (nSPS) is 17.5. The third-order valence-electron chi connectivity index (χ3n) is 3.94. The van der Waals surface area contributed by atoms with Crippen molar-refractivity contribution in [3.05, 3.63) is 33.8 Å². The summed E-state index contributed by atoms with van der Waals surface area (Å²) in [6, 6.07) is 6.58. The molecule has 19 heavy (non-hydrogen) atoms. The average Bonchev–Trinajstić information content (AvgIpc) is 3.09. The van der Waals surface area contributed by atoms with E-state index in [-0.39, 0.29) is 5.41 Å². The number of hydrogen-bond acceptors (Lipinski definition) is 1. The highest BCUT2D eigenvalue weighted by Gasteiger charge is 2.28. The van der Waals surface area contributed by atoms with E-state index in [1.54, 1.807) is 0 Å². The van der Waals surface area contributed by atoms with Crippen LogP contribution in [0, 0.1) is 11.3 Å². The van der Waals surface area contributed by atoms with E-state index in [0.717, 1.165) is 24.0 Å². The standard InChI is InChI=1S/C16H23Cl2N/c1-16(2,3)12(10-19-14-6-7-14)8-11-4-5-13(17)9-15(11)18/h4-5,9,12,14,19H,6-8,10H2,1-3H3. The van der Waals surface area contributed by atoms with Crippen molar-refractivity contribution in [1.29, 1.82) is 0 Å². The van der Waals surface area contributed by atoms with Gasteiger partial charge in [0.25, 0.3) is 0 Å². The van der Waals surface area contributed by atoms with Crippen LogP contribution in [0.4, 0.5) is 0 Å². The average molecular weight is 300 g/mol. The zero-order valence-corrected chi connectivity index (χ0v) is 13.5. The van der Waals surface area contributed by atoms with Gasteiger partial charge in [-0.25, -0.2) is 0 Å². The summed E-state index contributed by atoms with van der Waals surface area (Å²) in [5, 5.41) is 5.14. The predicted octanol–water partition coefficient (Wildman–Crippen LogP) is 4.95. The minimum absolute atomic E-state index is 0.269. The molecule has 0 aliphatic heterocycles. The molecule has 0 bridgehead atoms. The Bertz CT molecular complexity index is 433. The first kappa shape index (κ1) is 15.2. The zero-order chi connectivity index (χ0) is 14.0. The Labute approximate surface area is 126 Å². The van der Waals surface area contributed by atoms with E-state index in [1.807, 2.05) is 12.1 Å². The third-order valence-corrected chi connectivity index (χ3v) is 4.52. The van der Waals surface area contributed by atoms with Crippen LogP contribution in [-0.2, 0) is 6.42 Å². The topological polar surface area (TPSA) is 12.0 Å². The largest absolute Gasteiger partial charge is 0.314 e. The van der Waals surface area contributed by atoms with Gasteiger partial charge in [-0.05, 0) is 54.8 Å². The van der Waals surface area contributed by atoms with Crippen LogP contribution in [0.2, 0.25) is 10.0 Å². The van der Waals surface area contributed by atoms with Crippen molar-refractivity contribution in [3.63, 3.8) is 0 Å². The second-order valence-corrected chi connectivity index (χ2v) is 7.53. The van der Waals surface area contributed by atoms with Crippen LogP contribution < -0.4 is 5.32 Å². The van der Waals surface area contributed by atoms with Crippen LogP contribution in [0.1, 0.15) is 39.2 Å². The van der Waals surface area contributed by atoms with E-state index in [9.17, 15) is 0 Å². The zero-order valence-electron chi connectivity index (χ0n) is 12.0. The molecule has 1 aliphatic rings. The summed E-state index contributed by atoms with van der Waals surface area (Å²) in [4.78, 5) is 0. The van der Waals surface area contributed by atoms with E-state index in [0.29, 0.717) is 10.9 Å². The first-order chi connectivity index (χ1) is 8.86. The molecule has 1 aliphatic carbocycles. The quantitative estimate of drug-likeness (QED) is 0.811. The maximum absolute atomic E-state index is 6.29. The summed E-state index contributed by atoms with van der Waals surface area (Å²) >= 11 is 12.3. The van der Waals surface area contributed by atoms with Crippen molar-refractivity contribution in [2.24, 2.45) is 11.3 Å². The number of halogens is 2. The first-order valence-electron chi connectivity index (χ1n) is 7.03. The summed E-state index contributed by atoms with van der Waals surface area (Å²) in [6.07, 6.45) is 3.66. The molecular formula is C16H23Cl2N. The molecule has 1 N–H and O–H groups in total. The van der Waals surface area contributed by atoms with Crippen molar-refractivity contribution in [2.75, 3.05) is 6.54 Å². The maximum atomic E-state index is 6.29. The smallest absolute Gasteiger partial charge is 0.0452 e. The molecule has 0 saturated heterocycles. The fraction of sp³-hybridized carbons (Fsp3) is 0.625. The molecule has 0 aromatic heterocycles. The lowest BCUT2D eigenvalue weighted by Crippen LogP contribution is -2.34. The Morgan fingerprint density at radius 3 is 2.47 bits per heavy atom.